The molecule has 2 heterocycles. The van der Waals surface area contributed by atoms with Gasteiger partial charge in [0, 0.05) is 11.4 Å². The summed E-state index contributed by atoms with van der Waals surface area (Å²) in [5.74, 6) is -0.747. The maximum atomic E-state index is 12.3. The molecule has 0 bridgehead atoms. The molecule has 0 spiro atoms. The molecular weight excluding hydrogens is 304 g/mol. The quantitative estimate of drug-likeness (QED) is 0.759. The van der Waals surface area contributed by atoms with Crippen LogP contribution in [-0.2, 0) is 0 Å². The highest BCUT2D eigenvalue weighted by Gasteiger charge is 2.20. The second-order valence-electron chi connectivity index (χ2n) is 4.16. The smallest absolute Gasteiger partial charge is 0.387 e. The highest BCUT2D eigenvalue weighted by Crippen LogP contribution is 2.30. The zero-order valence-electron chi connectivity index (χ0n) is 11.0. The topological polar surface area (TPSA) is 87.2 Å². The minimum Gasteiger partial charge on any atom is -0.433 e. The first-order valence-corrected chi connectivity index (χ1v) is 6.78. The number of carbonyl (C=O) groups is 1. The summed E-state index contributed by atoms with van der Waals surface area (Å²) < 4.78 is 28.8. The van der Waals surface area contributed by atoms with Crippen LogP contribution in [0.3, 0.4) is 0 Å². The molecule has 1 atom stereocenters. The third kappa shape index (κ3) is 3.99. The standard InChI is InChI=1S/C12H13F2N3O3S/c1-6-2-9(20-12(13)14)10(21-6)11(19)16-4-8(18)7-3-15-5-17-7/h2-3,5,8,12,18H,4H2,1H3,(H,15,17)(H,16,19). The van der Waals surface area contributed by atoms with Crippen molar-refractivity contribution >= 4 is 17.2 Å². The Bertz CT molecular complexity index is 601. The van der Waals surface area contributed by atoms with Gasteiger partial charge < -0.3 is 20.1 Å². The van der Waals surface area contributed by atoms with Crippen molar-refractivity contribution in [2.45, 2.75) is 19.6 Å². The Morgan fingerprint density at radius 1 is 1.62 bits per heavy atom. The number of rotatable bonds is 6. The Labute approximate surface area is 122 Å². The minimum absolute atomic E-state index is 0.0459. The normalized spacial score (nSPS) is 12.4. The zero-order chi connectivity index (χ0) is 15.4. The molecular formula is C12H13F2N3O3S. The molecule has 0 aromatic carbocycles. The number of hydrogen-bond donors (Lipinski definition) is 3. The molecule has 2 aromatic rings. The van der Waals surface area contributed by atoms with Gasteiger partial charge in [0.05, 0.1) is 18.2 Å². The molecule has 6 nitrogen and oxygen atoms in total. The number of halogens is 2. The van der Waals surface area contributed by atoms with Gasteiger partial charge in [-0.3, -0.25) is 4.79 Å². The number of carbonyl (C=O) groups excluding carboxylic acids is 1. The number of amides is 1. The lowest BCUT2D eigenvalue weighted by Gasteiger charge is -2.10. The van der Waals surface area contributed by atoms with Crippen LogP contribution >= 0.6 is 11.3 Å². The molecule has 0 aliphatic carbocycles. The van der Waals surface area contributed by atoms with Gasteiger partial charge in [-0.15, -0.1) is 11.3 Å². The number of aliphatic hydroxyl groups excluding tert-OH is 1. The van der Waals surface area contributed by atoms with Crippen LogP contribution in [0, 0.1) is 6.92 Å². The van der Waals surface area contributed by atoms with Crippen molar-refractivity contribution in [3.63, 3.8) is 0 Å². The van der Waals surface area contributed by atoms with Gasteiger partial charge in [-0.1, -0.05) is 0 Å². The maximum Gasteiger partial charge on any atom is 0.387 e. The van der Waals surface area contributed by atoms with Crippen molar-refractivity contribution in [2.75, 3.05) is 6.54 Å². The molecule has 0 aliphatic heterocycles. The highest BCUT2D eigenvalue weighted by molar-refractivity contribution is 7.14. The molecule has 0 fully saturated rings. The predicted octanol–water partition coefficient (Wildman–Crippen LogP) is 1.84. The monoisotopic (exact) mass is 317 g/mol. The number of aromatic amines is 1. The van der Waals surface area contributed by atoms with E-state index in [1.54, 1.807) is 6.92 Å². The molecule has 2 rings (SSSR count). The number of nitrogens with zero attached hydrogens (tertiary/aromatic N) is 1. The number of nitrogens with one attached hydrogen (secondary N) is 2. The van der Waals surface area contributed by atoms with Crippen LogP contribution < -0.4 is 10.1 Å². The number of aromatic nitrogens is 2. The van der Waals surface area contributed by atoms with Gasteiger partial charge in [-0.05, 0) is 13.0 Å². The van der Waals surface area contributed by atoms with Crippen molar-refractivity contribution in [3.8, 4) is 5.75 Å². The van der Waals surface area contributed by atoms with E-state index >= 15 is 0 Å². The Kier molecular flexibility index (Phi) is 4.86. The molecule has 0 saturated carbocycles. The number of H-pyrrole nitrogens is 1. The molecule has 114 valence electrons. The van der Waals surface area contributed by atoms with Crippen LogP contribution in [0.15, 0.2) is 18.6 Å². The fraction of sp³-hybridized carbons (Fsp3) is 0.333. The summed E-state index contributed by atoms with van der Waals surface area (Å²) in [5.41, 5.74) is 0.446. The van der Waals surface area contributed by atoms with Gasteiger partial charge >= 0.3 is 6.61 Å². The average Bonchev–Trinajstić information content (AvgIpc) is 3.04. The Morgan fingerprint density at radius 3 is 3.00 bits per heavy atom. The molecule has 2 aromatic heterocycles. The van der Waals surface area contributed by atoms with E-state index in [0.29, 0.717) is 10.6 Å². The first kappa shape index (κ1) is 15.4. The van der Waals surface area contributed by atoms with E-state index in [4.69, 9.17) is 0 Å². The number of hydrogen-bond acceptors (Lipinski definition) is 5. The molecule has 9 heteroatoms. The Hall–Kier alpha value is -2.00. The number of alkyl halides is 2. The van der Waals surface area contributed by atoms with Crippen molar-refractivity contribution < 1.29 is 23.4 Å². The van der Waals surface area contributed by atoms with Crippen molar-refractivity contribution in [3.05, 3.63) is 34.0 Å². The number of imidazole rings is 1. The molecule has 1 unspecified atom stereocenters. The third-order valence-corrected chi connectivity index (χ3v) is 3.61. The van der Waals surface area contributed by atoms with Crippen LogP contribution in [0.2, 0.25) is 0 Å². The van der Waals surface area contributed by atoms with Crippen LogP contribution in [-0.4, -0.2) is 34.1 Å². The predicted molar refractivity (Wildman–Crippen MR) is 71.6 cm³/mol. The lowest BCUT2D eigenvalue weighted by Crippen LogP contribution is -2.28. The van der Waals surface area contributed by atoms with Gasteiger partial charge in [0.25, 0.3) is 5.91 Å². The number of aliphatic hydroxyl groups is 1. The van der Waals surface area contributed by atoms with E-state index in [0.717, 1.165) is 11.3 Å². The molecule has 0 radical (unpaired) electrons. The molecule has 21 heavy (non-hydrogen) atoms. The van der Waals surface area contributed by atoms with E-state index in [1.807, 2.05) is 0 Å². The summed E-state index contributed by atoms with van der Waals surface area (Å²) in [4.78, 5) is 19.1. The van der Waals surface area contributed by atoms with Crippen molar-refractivity contribution in [2.24, 2.45) is 0 Å². The first-order chi connectivity index (χ1) is 9.97. The lowest BCUT2D eigenvalue weighted by molar-refractivity contribution is -0.0498. The van der Waals surface area contributed by atoms with Gasteiger partial charge in [-0.2, -0.15) is 8.78 Å². The third-order valence-electron chi connectivity index (χ3n) is 2.58. The summed E-state index contributed by atoms with van der Waals surface area (Å²) in [6.45, 7) is -1.40. The lowest BCUT2D eigenvalue weighted by atomic mass is 10.2. The minimum atomic E-state index is -3.00. The van der Waals surface area contributed by atoms with Crippen LogP contribution in [0.5, 0.6) is 5.75 Å². The van der Waals surface area contributed by atoms with E-state index < -0.39 is 18.6 Å². The van der Waals surface area contributed by atoms with Gasteiger partial charge in [0.1, 0.15) is 16.7 Å². The van der Waals surface area contributed by atoms with E-state index in [1.165, 1.54) is 18.6 Å². The fourth-order valence-electron chi connectivity index (χ4n) is 1.66. The van der Waals surface area contributed by atoms with Crippen molar-refractivity contribution in [1.82, 2.24) is 15.3 Å². The van der Waals surface area contributed by atoms with E-state index in [9.17, 15) is 18.7 Å². The zero-order valence-corrected chi connectivity index (χ0v) is 11.8. The second-order valence-corrected chi connectivity index (χ2v) is 5.42. The van der Waals surface area contributed by atoms with Crippen LogP contribution in [0.1, 0.15) is 26.3 Å². The molecule has 0 aliphatic rings. The average molecular weight is 317 g/mol. The fourth-order valence-corrected chi connectivity index (χ4v) is 2.52. The van der Waals surface area contributed by atoms with Gasteiger partial charge in [0.2, 0.25) is 0 Å². The Balaban J connectivity index is 2.00. The van der Waals surface area contributed by atoms with E-state index in [-0.39, 0.29) is 17.2 Å². The summed E-state index contributed by atoms with van der Waals surface area (Å²) in [6.07, 6.45) is 1.87. The number of thiophene rings is 1. The summed E-state index contributed by atoms with van der Waals surface area (Å²) in [6, 6.07) is 1.37. The molecule has 0 saturated heterocycles. The summed E-state index contributed by atoms with van der Waals surface area (Å²) >= 11 is 1.04. The highest BCUT2D eigenvalue weighted by atomic mass is 32.1. The summed E-state index contributed by atoms with van der Waals surface area (Å²) in [5, 5.41) is 12.3. The molecule has 1 amide bonds. The van der Waals surface area contributed by atoms with Gasteiger partial charge in [0.15, 0.2) is 0 Å². The van der Waals surface area contributed by atoms with Crippen molar-refractivity contribution in [1.29, 1.82) is 0 Å². The van der Waals surface area contributed by atoms with Crippen LogP contribution in [0.25, 0.3) is 0 Å². The van der Waals surface area contributed by atoms with Gasteiger partial charge in [-0.25, -0.2) is 4.98 Å². The number of aryl methyl sites for hydroxylation is 1. The SMILES string of the molecule is Cc1cc(OC(F)F)c(C(=O)NCC(O)c2cnc[nH]2)s1. The second kappa shape index (κ2) is 6.64. The largest absolute Gasteiger partial charge is 0.433 e. The maximum absolute atomic E-state index is 12.3. The first-order valence-electron chi connectivity index (χ1n) is 5.97. The summed E-state index contributed by atoms with van der Waals surface area (Å²) in [7, 11) is 0. The number of ether oxygens (including phenoxy) is 1. The van der Waals surface area contributed by atoms with Crippen LogP contribution in [0.4, 0.5) is 8.78 Å². The van der Waals surface area contributed by atoms with E-state index in [2.05, 4.69) is 20.0 Å². The molecule has 3 N–H and O–H groups in total. The Morgan fingerprint density at radius 2 is 2.38 bits per heavy atom.